The summed E-state index contributed by atoms with van der Waals surface area (Å²) in [6.07, 6.45) is 2.33. The van der Waals surface area contributed by atoms with Gasteiger partial charge in [0, 0.05) is 12.5 Å². The number of nitrogens with zero attached hydrogens (tertiary/aromatic N) is 1. The molecular formula is C4H7N3O2S. The van der Waals surface area contributed by atoms with Crippen molar-refractivity contribution >= 4 is 15.7 Å². The second-order valence-corrected chi connectivity index (χ2v) is 3.89. The van der Waals surface area contributed by atoms with Gasteiger partial charge in [0.2, 0.25) is 0 Å². The Morgan fingerprint density at radius 1 is 1.70 bits per heavy atom. The van der Waals surface area contributed by atoms with E-state index in [1.807, 2.05) is 0 Å². The number of aromatic amines is 1. The van der Waals surface area contributed by atoms with Crippen LogP contribution in [0.2, 0.25) is 0 Å². The van der Waals surface area contributed by atoms with Gasteiger partial charge in [-0.2, -0.15) is 5.10 Å². The third kappa shape index (κ3) is 1.10. The summed E-state index contributed by atoms with van der Waals surface area (Å²) >= 11 is 0. The molecule has 0 saturated heterocycles. The highest BCUT2D eigenvalue weighted by Gasteiger charge is 2.12. The van der Waals surface area contributed by atoms with Crippen LogP contribution in [-0.4, -0.2) is 24.9 Å². The Morgan fingerprint density at radius 3 is 2.50 bits per heavy atom. The number of hydrogen-bond donors (Lipinski definition) is 2. The largest absolute Gasteiger partial charge is 0.381 e. The number of aromatic nitrogens is 2. The monoisotopic (exact) mass is 161 g/mol. The Kier molecular flexibility index (Phi) is 1.40. The molecule has 0 spiro atoms. The molecule has 0 radical (unpaired) electrons. The lowest BCUT2D eigenvalue weighted by Gasteiger charge is -1.90. The molecule has 0 amide bonds. The number of nitrogens with two attached hydrogens (primary N) is 1. The van der Waals surface area contributed by atoms with E-state index in [-0.39, 0.29) is 10.7 Å². The van der Waals surface area contributed by atoms with E-state index in [9.17, 15) is 8.42 Å². The van der Waals surface area contributed by atoms with Gasteiger partial charge in [-0.25, -0.2) is 8.42 Å². The van der Waals surface area contributed by atoms with Crippen LogP contribution in [0.25, 0.3) is 0 Å². The summed E-state index contributed by atoms with van der Waals surface area (Å²) in [4.78, 5) is 0.0486. The lowest BCUT2D eigenvalue weighted by Crippen LogP contribution is -1.99. The van der Waals surface area contributed by atoms with Crippen LogP contribution in [0.3, 0.4) is 0 Å². The second kappa shape index (κ2) is 1.98. The molecule has 0 aliphatic carbocycles. The molecule has 0 aliphatic rings. The van der Waals surface area contributed by atoms with Gasteiger partial charge in [0.25, 0.3) is 0 Å². The summed E-state index contributed by atoms with van der Waals surface area (Å²) in [6, 6.07) is 0. The first-order valence-corrected chi connectivity index (χ1v) is 4.40. The molecule has 0 saturated carbocycles. The average molecular weight is 161 g/mol. The highest BCUT2D eigenvalue weighted by molar-refractivity contribution is 7.90. The van der Waals surface area contributed by atoms with E-state index in [1.165, 1.54) is 6.20 Å². The zero-order chi connectivity index (χ0) is 7.78. The summed E-state index contributed by atoms with van der Waals surface area (Å²) < 4.78 is 21.5. The Balaban J connectivity index is 3.32. The van der Waals surface area contributed by atoms with Gasteiger partial charge < -0.3 is 5.73 Å². The minimum Gasteiger partial charge on any atom is -0.381 e. The van der Waals surface area contributed by atoms with Gasteiger partial charge in [0.05, 0.1) is 0 Å². The Hall–Kier alpha value is -1.04. The van der Waals surface area contributed by atoms with Crippen LogP contribution in [0.1, 0.15) is 0 Å². The van der Waals surface area contributed by atoms with Gasteiger partial charge in [0.1, 0.15) is 4.90 Å². The topological polar surface area (TPSA) is 88.8 Å². The third-order valence-corrected chi connectivity index (χ3v) is 2.16. The maximum Gasteiger partial charge on any atom is 0.180 e. The first kappa shape index (κ1) is 7.07. The fourth-order valence-corrected chi connectivity index (χ4v) is 1.28. The summed E-state index contributed by atoms with van der Waals surface area (Å²) in [5.74, 6) is 0.0162. The average Bonchev–Trinajstić information content (AvgIpc) is 2.11. The Morgan fingerprint density at radius 2 is 2.30 bits per heavy atom. The quantitative estimate of drug-likeness (QED) is 0.575. The summed E-state index contributed by atoms with van der Waals surface area (Å²) in [5, 5.41) is 5.81. The number of nitrogens with one attached hydrogen (secondary N) is 1. The molecule has 6 heteroatoms. The number of hydrogen-bond acceptors (Lipinski definition) is 4. The minimum atomic E-state index is -3.21. The molecule has 1 aromatic rings. The van der Waals surface area contributed by atoms with Crippen molar-refractivity contribution in [2.45, 2.75) is 4.90 Å². The smallest absolute Gasteiger partial charge is 0.180 e. The lowest BCUT2D eigenvalue weighted by molar-refractivity contribution is 0.602. The van der Waals surface area contributed by atoms with E-state index in [0.29, 0.717) is 0 Å². The lowest BCUT2D eigenvalue weighted by atomic mass is 10.7. The molecule has 0 aliphatic heterocycles. The second-order valence-electron chi connectivity index (χ2n) is 1.91. The van der Waals surface area contributed by atoms with Crippen molar-refractivity contribution in [1.82, 2.24) is 10.2 Å². The van der Waals surface area contributed by atoms with Crippen molar-refractivity contribution in [3.63, 3.8) is 0 Å². The molecule has 0 atom stereocenters. The maximum absolute atomic E-state index is 10.8. The standard InChI is InChI=1S/C4H7N3O2S/c1-10(8,9)3-2-6-7-4(3)5/h2H,1H3,(H3,5,6,7). The molecule has 10 heavy (non-hydrogen) atoms. The molecule has 0 aromatic carbocycles. The Labute approximate surface area is 58.2 Å². The molecule has 1 heterocycles. The fourth-order valence-electron chi connectivity index (χ4n) is 0.586. The summed E-state index contributed by atoms with van der Waals surface area (Å²) in [5.41, 5.74) is 5.21. The molecule has 5 nitrogen and oxygen atoms in total. The fraction of sp³-hybridized carbons (Fsp3) is 0.250. The van der Waals surface area contributed by atoms with Gasteiger partial charge in [-0.15, -0.1) is 0 Å². The van der Waals surface area contributed by atoms with E-state index in [1.54, 1.807) is 0 Å². The summed E-state index contributed by atoms with van der Waals surface area (Å²) in [6.45, 7) is 0. The van der Waals surface area contributed by atoms with Crippen LogP contribution in [0, 0.1) is 0 Å². The predicted molar refractivity (Wildman–Crippen MR) is 36.1 cm³/mol. The van der Waals surface area contributed by atoms with Crippen LogP contribution in [0.5, 0.6) is 0 Å². The number of sulfone groups is 1. The molecule has 56 valence electrons. The van der Waals surface area contributed by atoms with Gasteiger partial charge in [-0.3, -0.25) is 5.10 Å². The number of H-pyrrole nitrogens is 1. The van der Waals surface area contributed by atoms with Crippen LogP contribution < -0.4 is 5.73 Å². The molecule has 3 N–H and O–H groups in total. The van der Waals surface area contributed by atoms with E-state index in [0.717, 1.165) is 6.26 Å². The van der Waals surface area contributed by atoms with Crippen LogP contribution in [0.15, 0.2) is 11.1 Å². The molecule has 1 rings (SSSR count). The normalized spacial score (nSPS) is 11.7. The van der Waals surface area contributed by atoms with E-state index >= 15 is 0 Å². The molecule has 0 fully saturated rings. The van der Waals surface area contributed by atoms with Crippen LogP contribution in [0.4, 0.5) is 5.82 Å². The van der Waals surface area contributed by atoms with E-state index in [4.69, 9.17) is 5.73 Å². The first-order chi connectivity index (χ1) is 4.52. The van der Waals surface area contributed by atoms with Crippen LogP contribution >= 0.6 is 0 Å². The van der Waals surface area contributed by atoms with Crippen molar-refractivity contribution in [3.05, 3.63) is 6.20 Å². The van der Waals surface area contributed by atoms with Gasteiger partial charge in [-0.05, 0) is 0 Å². The molecule has 0 bridgehead atoms. The van der Waals surface area contributed by atoms with E-state index in [2.05, 4.69) is 10.2 Å². The van der Waals surface area contributed by atoms with Crippen molar-refractivity contribution in [1.29, 1.82) is 0 Å². The van der Waals surface area contributed by atoms with Gasteiger partial charge in [-0.1, -0.05) is 0 Å². The molecule has 1 aromatic heterocycles. The highest BCUT2D eigenvalue weighted by atomic mass is 32.2. The predicted octanol–water partition coefficient (Wildman–Crippen LogP) is -0.605. The van der Waals surface area contributed by atoms with Crippen molar-refractivity contribution in [2.24, 2.45) is 0 Å². The van der Waals surface area contributed by atoms with E-state index < -0.39 is 9.84 Å². The number of anilines is 1. The maximum atomic E-state index is 10.8. The Bertz CT molecular complexity index is 326. The van der Waals surface area contributed by atoms with Crippen LogP contribution in [-0.2, 0) is 9.84 Å². The van der Waals surface area contributed by atoms with Gasteiger partial charge in [0.15, 0.2) is 15.7 Å². The zero-order valence-corrected chi connectivity index (χ0v) is 6.14. The number of rotatable bonds is 1. The van der Waals surface area contributed by atoms with Crippen molar-refractivity contribution in [2.75, 3.05) is 12.0 Å². The minimum absolute atomic E-state index is 0.0162. The highest BCUT2D eigenvalue weighted by Crippen LogP contribution is 2.12. The molecule has 0 unspecified atom stereocenters. The third-order valence-electron chi connectivity index (χ3n) is 1.03. The van der Waals surface area contributed by atoms with Crippen molar-refractivity contribution in [3.8, 4) is 0 Å². The first-order valence-electron chi connectivity index (χ1n) is 2.51. The zero-order valence-electron chi connectivity index (χ0n) is 5.33. The SMILES string of the molecule is CS(=O)(=O)c1c[nH]nc1N. The number of nitrogen functional groups attached to an aromatic ring is 1. The van der Waals surface area contributed by atoms with Gasteiger partial charge >= 0.3 is 0 Å². The molecular weight excluding hydrogens is 154 g/mol. The van der Waals surface area contributed by atoms with Crippen molar-refractivity contribution < 1.29 is 8.42 Å². The summed E-state index contributed by atoms with van der Waals surface area (Å²) in [7, 11) is -3.21.